The molecule has 0 aromatic carbocycles. The SMILES string of the molecule is COC1=CC=C=C[CH]1.[I-].[Yb]. The van der Waals surface area contributed by atoms with E-state index >= 15 is 0 Å². The average Bonchev–Trinajstić information content (AvgIpc) is 1.90. The minimum Gasteiger partial charge on any atom is -1.00 e. The van der Waals surface area contributed by atoms with Crippen molar-refractivity contribution in [2.45, 2.75) is 0 Å². The molecule has 0 aromatic heterocycles. The van der Waals surface area contributed by atoms with E-state index in [0.29, 0.717) is 0 Å². The number of hydrogen-bond acceptors (Lipinski definition) is 1. The van der Waals surface area contributed by atoms with Crippen molar-refractivity contribution < 1.29 is 75.6 Å². The quantitative estimate of drug-likeness (QED) is 0.378. The molecule has 0 spiro atoms. The molecular weight excluding hydrogens is 400 g/mol. The molecule has 1 radical (unpaired) electrons. The number of methoxy groups -OCH3 is 1. The Bertz CT molecular complexity index is 168. The second-order valence-electron chi connectivity index (χ2n) is 1.44. The van der Waals surface area contributed by atoms with Crippen molar-refractivity contribution >= 4 is 0 Å². The van der Waals surface area contributed by atoms with Gasteiger partial charge in [0.25, 0.3) is 0 Å². The molecule has 1 nitrogen and oxygen atoms in total. The largest absolute Gasteiger partial charge is 1.00 e. The first-order valence-electron chi connectivity index (χ1n) is 2.43. The van der Waals surface area contributed by atoms with E-state index in [2.05, 4.69) is 5.73 Å². The summed E-state index contributed by atoms with van der Waals surface area (Å²) in [6, 6.07) is 0. The maximum Gasteiger partial charge on any atom is 0.105 e. The van der Waals surface area contributed by atoms with Crippen molar-refractivity contribution in [1.82, 2.24) is 0 Å². The Hall–Kier alpha value is 1.31. The second kappa shape index (κ2) is 8.41. The molecule has 1 rings (SSSR count). The molecule has 0 heterocycles. The van der Waals surface area contributed by atoms with Gasteiger partial charge in [-0.3, -0.25) is 0 Å². The molecule has 0 saturated carbocycles. The van der Waals surface area contributed by atoms with E-state index in [1.165, 1.54) is 0 Å². The molecule has 0 saturated heterocycles. The standard InChI is InChI=1S/C7H7O.HI.Yb/c1-8-7-5-3-2-4-6-7;;/h3-6H,1H3;1H;/p-1. The fraction of sp³-hybridized carbons (Fsp3) is 0.143. The van der Waals surface area contributed by atoms with Crippen molar-refractivity contribution in [3.05, 3.63) is 36.1 Å². The molecule has 0 N–H and O–H groups in total. The van der Waals surface area contributed by atoms with Gasteiger partial charge in [0, 0.05) is 46.9 Å². The van der Waals surface area contributed by atoms with Crippen LogP contribution in [0.2, 0.25) is 0 Å². The molecule has 63 valence electrons. The van der Waals surface area contributed by atoms with Crippen LogP contribution in [0.4, 0.5) is 0 Å². The number of ether oxygens (including phenoxy) is 1. The fourth-order valence-corrected chi connectivity index (χ4v) is 0.508. The molecule has 0 fully saturated rings. The minimum absolute atomic E-state index is 0. The summed E-state index contributed by atoms with van der Waals surface area (Å²) in [6.45, 7) is 0. The summed E-state index contributed by atoms with van der Waals surface area (Å²) < 4.78 is 4.89. The van der Waals surface area contributed by atoms with E-state index < -0.39 is 0 Å². The van der Waals surface area contributed by atoms with Gasteiger partial charge in [-0.25, -0.2) is 0 Å². The van der Waals surface area contributed by atoms with E-state index in [-0.39, 0.29) is 70.9 Å². The van der Waals surface area contributed by atoms with Crippen LogP contribution in [0.1, 0.15) is 0 Å². The molecule has 10 heavy (non-hydrogen) atoms. The summed E-state index contributed by atoms with van der Waals surface area (Å²) in [7, 11) is 1.65. The molecule has 0 unspecified atom stereocenters. The van der Waals surface area contributed by atoms with Crippen LogP contribution in [0, 0.1) is 53.3 Å². The van der Waals surface area contributed by atoms with Gasteiger partial charge in [-0.15, -0.1) is 5.73 Å². The Morgan fingerprint density at radius 2 is 2.10 bits per heavy atom. The maximum atomic E-state index is 4.89. The molecule has 0 amide bonds. The summed E-state index contributed by atoms with van der Waals surface area (Å²) in [4.78, 5) is 0. The summed E-state index contributed by atoms with van der Waals surface area (Å²) >= 11 is 0. The molecule has 3 heteroatoms. The number of allylic oxidation sites excluding steroid dienone is 2. The third-order valence-corrected chi connectivity index (χ3v) is 0.923. The van der Waals surface area contributed by atoms with Gasteiger partial charge in [-0.2, -0.15) is 0 Å². The molecule has 0 aromatic rings. The zero-order chi connectivity index (χ0) is 5.82. The molecule has 0 atom stereocenters. The zero-order valence-electron chi connectivity index (χ0n) is 5.36. The van der Waals surface area contributed by atoms with E-state index in [0.717, 1.165) is 5.76 Å². The number of hydrogen-bond donors (Lipinski definition) is 0. The van der Waals surface area contributed by atoms with Gasteiger partial charge in [0.2, 0.25) is 0 Å². The van der Waals surface area contributed by atoms with Crippen LogP contribution < -0.4 is 24.0 Å². The smallest absolute Gasteiger partial charge is 0.105 e. The molecule has 0 bridgehead atoms. The summed E-state index contributed by atoms with van der Waals surface area (Å²) in [5, 5.41) is 0. The van der Waals surface area contributed by atoms with Gasteiger partial charge < -0.3 is 28.7 Å². The first-order valence-corrected chi connectivity index (χ1v) is 2.43. The Kier molecular flexibility index (Phi) is 11.7. The Balaban J connectivity index is 0. The van der Waals surface area contributed by atoms with Crippen LogP contribution in [0.15, 0.2) is 29.7 Å². The van der Waals surface area contributed by atoms with Gasteiger partial charge >= 0.3 is 0 Å². The monoisotopic (exact) mass is 408 g/mol. The van der Waals surface area contributed by atoms with Crippen LogP contribution in [-0.4, -0.2) is 7.11 Å². The van der Waals surface area contributed by atoms with Crippen LogP contribution >= 0.6 is 0 Å². The number of halogens is 1. The van der Waals surface area contributed by atoms with Crippen molar-refractivity contribution in [3.8, 4) is 0 Å². The summed E-state index contributed by atoms with van der Waals surface area (Å²) in [6.07, 6.45) is 7.36. The van der Waals surface area contributed by atoms with E-state index in [9.17, 15) is 0 Å². The van der Waals surface area contributed by atoms with Crippen LogP contribution in [0.5, 0.6) is 0 Å². The van der Waals surface area contributed by atoms with E-state index in [1.54, 1.807) is 7.11 Å². The summed E-state index contributed by atoms with van der Waals surface area (Å²) in [5.74, 6) is 0.878. The second-order valence-corrected chi connectivity index (χ2v) is 1.44. The number of rotatable bonds is 1. The van der Waals surface area contributed by atoms with Crippen LogP contribution in [0.3, 0.4) is 0 Å². The molecule has 0 aliphatic heterocycles. The average molecular weight is 407 g/mol. The Morgan fingerprint density at radius 1 is 1.40 bits per heavy atom. The van der Waals surface area contributed by atoms with E-state index in [4.69, 9.17) is 4.74 Å². The topological polar surface area (TPSA) is 9.23 Å². The molecule has 1 aliphatic rings. The van der Waals surface area contributed by atoms with Crippen LogP contribution in [0.25, 0.3) is 0 Å². The minimum atomic E-state index is 0. The maximum absolute atomic E-state index is 4.89. The third-order valence-electron chi connectivity index (χ3n) is 0.923. The zero-order valence-corrected chi connectivity index (χ0v) is 9.24. The predicted octanol–water partition coefficient (Wildman–Crippen LogP) is -1.55. The fourth-order valence-electron chi connectivity index (χ4n) is 0.508. The first-order chi connectivity index (χ1) is 3.93. The van der Waals surface area contributed by atoms with E-state index in [1.807, 2.05) is 24.6 Å². The molecule has 1 aliphatic carbocycles. The van der Waals surface area contributed by atoms with Crippen molar-refractivity contribution in [2.75, 3.05) is 7.11 Å². The van der Waals surface area contributed by atoms with Gasteiger partial charge in [-0.05, 0) is 18.2 Å². The summed E-state index contributed by atoms with van der Waals surface area (Å²) in [5.41, 5.74) is 2.89. The van der Waals surface area contributed by atoms with Gasteiger partial charge in [0.1, 0.15) is 5.76 Å². The Labute approximate surface area is 117 Å². The van der Waals surface area contributed by atoms with Crippen LogP contribution in [-0.2, 0) is 4.74 Å². The Morgan fingerprint density at radius 3 is 2.40 bits per heavy atom. The normalized spacial score (nSPS) is 12.7. The third kappa shape index (κ3) is 5.03. The van der Waals surface area contributed by atoms with Crippen molar-refractivity contribution in [1.29, 1.82) is 0 Å². The predicted molar refractivity (Wildman–Crippen MR) is 32.0 cm³/mol. The molecular formula is C7H7IOYb-. The van der Waals surface area contributed by atoms with Gasteiger partial charge in [-0.1, -0.05) is 0 Å². The van der Waals surface area contributed by atoms with Gasteiger partial charge in [0.15, 0.2) is 0 Å². The van der Waals surface area contributed by atoms with Crippen molar-refractivity contribution in [2.24, 2.45) is 0 Å². The van der Waals surface area contributed by atoms with Crippen molar-refractivity contribution in [3.63, 3.8) is 0 Å². The first kappa shape index (κ1) is 13.9. The van der Waals surface area contributed by atoms with Gasteiger partial charge in [0.05, 0.1) is 13.5 Å².